The Morgan fingerprint density at radius 1 is 1.06 bits per heavy atom. The monoisotopic (exact) mass is 478 g/mol. The third-order valence-corrected chi connectivity index (χ3v) is 6.48. The van der Waals surface area contributed by atoms with Crippen LogP contribution in [0.4, 0.5) is 36.3 Å². The number of aliphatic hydroxyl groups is 1. The second-order valence-electron chi connectivity index (χ2n) is 8.94. The molecule has 0 aliphatic heterocycles. The fourth-order valence-electron chi connectivity index (χ4n) is 4.57. The Balaban J connectivity index is 1.57. The maximum Gasteiger partial charge on any atom is 0.224 e. The van der Waals surface area contributed by atoms with Crippen molar-refractivity contribution in [3.63, 3.8) is 0 Å². The van der Waals surface area contributed by atoms with Crippen LogP contribution in [0.1, 0.15) is 51.4 Å². The molecule has 5 N–H and O–H groups in total. The number of halogens is 3. The molecule has 2 aliphatic carbocycles. The van der Waals surface area contributed by atoms with E-state index in [1.54, 1.807) is 4.90 Å². The molecular weight excluding hydrogens is 449 g/mol. The number of nitrogens with zero attached hydrogens (tertiary/aromatic N) is 3. The molecule has 0 atom stereocenters. The minimum absolute atomic E-state index is 0.0428. The summed E-state index contributed by atoms with van der Waals surface area (Å²) in [5.74, 6) is -2.10. The zero-order valence-corrected chi connectivity index (χ0v) is 18.7. The lowest BCUT2D eigenvalue weighted by atomic mass is 9.92. The van der Waals surface area contributed by atoms with Crippen LogP contribution in [-0.4, -0.2) is 45.7 Å². The number of anilines is 4. The molecule has 1 aromatic heterocycles. The average molecular weight is 479 g/mol. The van der Waals surface area contributed by atoms with Gasteiger partial charge in [-0.2, -0.15) is 4.98 Å². The smallest absolute Gasteiger partial charge is 0.224 e. The Morgan fingerprint density at radius 2 is 1.71 bits per heavy atom. The highest BCUT2D eigenvalue weighted by Gasteiger charge is 2.28. The molecule has 2 saturated carbocycles. The third-order valence-electron chi connectivity index (χ3n) is 6.48. The van der Waals surface area contributed by atoms with Gasteiger partial charge in [-0.1, -0.05) is 0 Å². The molecular formula is C23H29F3N6O2. The van der Waals surface area contributed by atoms with E-state index >= 15 is 0 Å². The van der Waals surface area contributed by atoms with Crippen LogP contribution in [0, 0.1) is 17.5 Å². The van der Waals surface area contributed by atoms with Gasteiger partial charge >= 0.3 is 0 Å². The highest BCUT2D eigenvalue weighted by atomic mass is 19.1. The van der Waals surface area contributed by atoms with Crippen LogP contribution in [0.25, 0.3) is 0 Å². The van der Waals surface area contributed by atoms with Gasteiger partial charge in [-0.15, -0.1) is 0 Å². The predicted molar refractivity (Wildman–Crippen MR) is 123 cm³/mol. The second-order valence-corrected chi connectivity index (χ2v) is 8.94. The zero-order chi connectivity index (χ0) is 24.2. The number of rotatable bonds is 7. The van der Waals surface area contributed by atoms with Crippen molar-refractivity contribution >= 4 is 28.9 Å². The van der Waals surface area contributed by atoms with Crippen molar-refractivity contribution in [2.45, 2.75) is 69.6 Å². The molecule has 8 nitrogen and oxygen atoms in total. The minimum atomic E-state index is -1.04. The molecule has 0 bridgehead atoms. The first-order valence-electron chi connectivity index (χ1n) is 11.5. The number of hydrogen-bond acceptors (Lipinski definition) is 8. The number of nitrogen functional groups attached to an aromatic ring is 1. The van der Waals surface area contributed by atoms with Crippen LogP contribution in [0.3, 0.4) is 0 Å². The Bertz CT molecular complexity index is 999. The number of nitrogens with two attached hydrogens (primary N) is 1. The maximum atomic E-state index is 14.2. The number of carbonyl (C=O) groups excluding carboxylic acids is 1. The van der Waals surface area contributed by atoms with E-state index in [0.717, 1.165) is 0 Å². The maximum absolute atomic E-state index is 14.2. The summed E-state index contributed by atoms with van der Waals surface area (Å²) in [6.45, 7) is -0.0428. The lowest BCUT2D eigenvalue weighted by Crippen LogP contribution is -2.43. The van der Waals surface area contributed by atoms with Crippen molar-refractivity contribution in [1.82, 2.24) is 9.97 Å². The molecule has 0 unspecified atom stereocenters. The first kappa shape index (κ1) is 24.1. The van der Waals surface area contributed by atoms with E-state index in [4.69, 9.17) is 5.73 Å². The summed E-state index contributed by atoms with van der Waals surface area (Å²) in [6, 6.07) is 1.19. The van der Waals surface area contributed by atoms with E-state index in [1.807, 2.05) is 0 Å². The predicted octanol–water partition coefficient (Wildman–Crippen LogP) is 3.58. The van der Waals surface area contributed by atoms with E-state index < -0.39 is 29.2 Å². The SMILES string of the molecule is Nc1cnc(NC2CCC(=O)CC2)nc1N(CNc1c(F)cc(F)cc1F)C1CCC(O)CC1. The number of aromatic nitrogens is 2. The van der Waals surface area contributed by atoms with Crippen molar-refractivity contribution in [2.24, 2.45) is 0 Å². The summed E-state index contributed by atoms with van der Waals surface area (Å²) in [5.41, 5.74) is 6.06. The molecule has 2 fully saturated rings. The van der Waals surface area contributed by atoms with Crippen LogP contribution >= 0.6 is 0 Å². The number of nitrogens with one attached hydrogen (secondary N) is 2. The van der Waals surface area contributed by atoms with E-state index in [-0.39, 0.29) is 30.2 Å². The summed E-state index contributed by atoms with van der Waals surface area (Å²) in [5, 5.41) is 15.9. The van der Waals surface area contributed by atoms with E-state index in [0.29, 0.717) is 75.3 Å². The Labute approximate surface area is 195 Å². The van der Waals surface area contributed by atoms with Gasteiger partial charge in [0.25, 0.3) is 0 Å². The molecule has 1 aromatic carbocycles. The fourth-order valence-corrected chi connectivity index (χ4v) is 4.57. The highest BCUT2D eigenvalue weighted by Crippen LogP contribution is 2.31. The summed E-state index contributed by atoms with van der Waals surface area (Å²) < 4.78 is 41.7. The van der Waals surface area contributed by atoms with E-state index in [9.17, 15) is 23.1 Å². The lowest BCUT2D eigenvalue weighted by Gasteiger charge is -2.37. The average Bonchev–Trinajstić information content (AvgIpc) is 2.79. The molecule has 0 radical (unpaired) electrons. The van der Waals surface area contributed by atoms with Crippen LogP contribution in [0.5, 0.6) is 0 Å². The largest absolute Gasteiger partial charge is 0.394 e. The Hall–Kier alpha value is -3.08. The first-order valence-corrected chi connectivity index (χ1v) is 11.5. The lowest BCUT2D eigenvalue weighted by molar-refractivity contribution is -0.120. The van der Waals surface area contributed by atoms with Crippen LogP contribution < -0.4 is 21.3 Å². The number of carbonyl (C=O) groups is 1. The van der Waals surface area contributed by atoms with Gasteiger partial charge in [0, 0.05) is 37.1 Å². The van der Waals surface area contributed by atoms with Crippen LogP contribution in [0.15, 0.2) is 18.3 Å². The number of aliphatic hydroxyl groups excluding tert-OH is 1. The Morgan fingerprint density at radius 3 is 2.35 bits per heavy atom. The third kappa shape index (κ3) is 5.69. The van der Waals surface area contributed by atoms with Gasteiger partial charge < -0.3 is 26.4 Å². The molecule has 1 heterocycles. The molecule has 4 rings (SSSR count). The van der Waals surface area contributed by atoms with E-state index in [1.165, 1.54) is 6.20 Å². The normalized spacial score (nSPS) is 21.4. The highest BCUT2D eigenvalue weighted by molar-refractivity contribution is 5.79. The summed E-state index contributed by atoms with van der Waals surface area (Å²) >= 11 is 0. The topological polar surface area (TPSA) is 116 Å². The van der Waals surface area contributed by atoms with Gasteiger partial charge in [-0.05, 0) is 38.5 Å². The minimum Gasteiger partial charge on any atom is -0.394 e. The summed E-state index contributed by atoms with van der Waals surface area (Å²) in [6.07, 6.45) is 5.90. The Kier molecular flexibility index (Phi) is 7.40. The van der Waals surface area contributed by atoms with Gasteiger partial charge in [0.2, 0.25) is 5.95 Å². The van der Waals surface area contributed by atoms with Crippen molar-refractivity contribution in [3.05, 3.63) is 35.8 Å². The fraction of sp³-hybridized carbons (Fsp3) is 0.522. The molecule has 34 heavy (non-hydrogen) atoms. The molecule has 0 amide bonds. The van der Waals surface area contributed by atoms with Crippen molar-refractivity contribution < 1.29 is 23.1 Å². The van der Waals surface area contributed by atoms with Gasteiger partial charge in [-0.25, -0.2) is 18.2 Å². The summed E-state index contributed by atoms with van der Waals surface area (Å²) in [7, 11) is 0. The van der Waals surface area contributed by atoms with Gasteiger partial charge in [0.15, 0.2) is 17.5 Å². The standard InChI is InChI=1S/C23H29F3N6O2/c24-13-9-18(25)21(19(26)10-13)29-12-32(15-3-7-17(34)8-4-15)22-20(27)11-28-23(31-22)30-14-1-5-16(33)6-2-14/h9-11,14-15,17,29,34H,1-8,12,27H2,(H,28,30,31). The first-order chi connectivity index (χ1) is 16.3. The van der Waals surface area contributed by atoms with Crippen molar-refractivity contribution in [1.29, 1.82) is 0 Å². The number of benzene rings is 1. The van der Waals surface area contributed by atoms with E-state index in [2.05, 4.69) is 20.6 Å². The molecule has 2 aliphatic rings. The van der Waals surface area contributed by atoms with Crippen LogP contribution in [0.2, 0.25) is 0 Å². The van der Waals surface area contributed by atoms with Crippen LogP contribution in [-0.2, 0) is 4.79 Å². The molecule has 2 aromatic rings. The van der Waals surface area contributed by atoms with Crippen molar-refractivity contribution in [2.75, 3.05) is 27.9 Å². The van der Waals surface area contributed by atoms with Gasteiger partial charge in [0.05, 0.1) is 24.7 Å². The number of hydrogen-bond donors (Lipinski definition) is 4. The van der Waals surface area contributed by atoms with Gasteiger partial charge in [-0.3, -0.25) is 4.79 Å². The zero-order valence-electron chi connectivity index (χ0n) is 18.7. The second kappa shape index (κ2) is 10.5. The number of ketones is 1. The molecule has 11 heteroatoms. The molecule has 0 saturated heterocycles. The summed E-state index contributed by atoms with van der Waals surface area (Å²) in [4.78, 5) is 22.2. The quantitative estimate of drug-likeness (QED) is 0.447. The van der Waals surface area contributed by atoms with Gasteiger partial charge in [0.1, 0.15) is 17.3 Å². The van der Waals surface area contributed by atoms with Crippen molar-refractivity contribution in [3.8, 4) is 0 Å². The molecule has 0 spiro atoms. The number of Topliss-reactive ketones (excluding diaryl/α,β-unsaturated/α-hetero) is 1. The molecule has 184 valence electrons.